The van der Waals surface area contributed by atoms with Gasteiger partial charge < -0.3 is 5.32 Å². The predicted molar refractivity (Wildman–Crippen MR) is 110 cm³/mol. The van der Waals surface area contributed by atoms with Gasteiger partial charge in [-0.3, -0.25) is 19.3 Å². The number of amides is 1. The van der Waals surface area contributed by atoms with Crippen molar-refractivity contribution in [3.8, 4) is 6.07 Å². The van der Waals surface area contributed by atoms with Gasteiger partial charge in [0.2, 0.25) is 5.91 Å². The molecule has 7 nitrogen and oxygen atoms in total. The number of aromatic nitrogens is 2. The molecule has 1 fully saturated rings. The summed E-state index contributed by atoms with van der Waals surface area (Å²) in [6.07, 6.45) is 6.40. The molecule has 156 valence electrons. The van der Waals surface area contributed by atoms with Crippen LogP contribution in [0.2, 0.25) is 0 Å². The summed E-state index contributed by atoms with van der Waals surface area (Å²) in [5.74, 6) is 0.405. The topological polar surface area (TPSA) is 77.2 Å². The first-order chi connectivity index (χ1) is 13.2. The van der Waals surface area contributed by atoms with Crippen LogP contribution in [0.1, 0.15) is 52.1 Å². The molecule has 2 heterocycles. The third-order valence-electron chi connectivity index (χ3n) is 6.08. The van der Waals surface area contributed by atoms with Crippen molar-refractivity contribution in [1.29, 1.82) is 5.26 Å². The van der Waals surface area contributed by atoms with Crippen LogP contribution >= 0.6 is 0 Å². The minimum Gasteiger partial charge on any atom is -0.337 e. The average molecular weight is 389 g/mol. The highest BCUT2D eigenvalue weighted by molar-refractivity contribution is 5.79. The molecule has 3 atom stereocenters. The molecule has 0 aliphatic carbocycles. The van der Waals surface area contributed by atoms with E-state index in [1.165, 1.54) is 12.0 Å². The molecule has 0 saturated carbocycles. The highest BCUT2D eigenvalue weighted by Gasteiger charge is 2.34. The molecule has 1 amide bonds. The molecule has 0 unspecified atom stereocenters. The van der Waals surface area contributed by atoms with E-state index in [1.54, 1.807) is 6.92 Å². The van der Waals surface area contributed by atoms with E-state index >= 15 is 0 Å². The minimum atomic E-state index is -0.833. The van der Waals surface area contributed by atoms with Crippen molar-refractivity contribution in [3.05, 3.63) is 18.0 Å². The molecular formula is C21H36N6O. The fourth-order valence-corrected chi connectivity index (χ4v) is 4.11. The van der Waals surface area contributed by atoms with Crippen LogP contribution in [0, 0.1) is 23.2 Å². The fraction of sp³-hybridized carbons (Fsp3) is 0.762. The lowest BCUT2D eigenvalue weighted by atomic mass is 9.85. The van der Waals surface area contributed by atoms with Gasteiger partial charge in [0.15, 0.2) is 0 Å². The van der Waals surface area contributed by atoms with E-state index in [1.807, 2.05) is 38.8 Å². The lowest BCUT2D eigenvalue weighted by Crippen LogP contribution is -2.52. The molecular weight excluding hydrogens is 352 g/mol. The van der Waals surface area contributed by atoms with Crippen molar-refractivity contribution < 1.29 is 4.79 Å². The number of nitrogens with zero attached hydrogens (tertiary/aromatic N) is 5. The number of nitrogens with one attached hydrogen (secondary N) is 1. The number of carbonyl (C=O) groups excluding carboxylic acids is 1. The summed E-state index contributed by atoms with van der Waals surface area (Å²) in [5.41, 5.74) is 0.420. The molecule has 2 rings (SSSR count). The Morgan fingerprint density at radius 3 is 2.79 bits per heavy atom. The molecule has 1 aliphatic rings. The van der Waals surface area contributed by atoms with Gasteiger partial charge in [-0.05, 0) is 51.7 Å². The lowest BCUT2D eigenvalue weighted by molar-refractivity contribution is -0.123. The van der Waals surface area contributed by atoms with Gasteiger partial charge in [0.1, 0.15) is 5.54 Å². The zero-order valence-electron chi connectivity index (χ0n) is 18.3. The Hall–Kier alpha value is -1.91. The third-order valence-corrected chi connectivity index (χ3v) is 6.08. The molecule has 1 saturated heterocycles. The Morgan fingerprint density at radius 2 is 2.25 bits per heavy atom. The molecule has 1 aromatic rings. The maximum Gasteiger partial charge on any atom is 0.235 e. The first-order valence-corrected chi connectivity index (χ1v) is 10.3. The Kier molecular flexibility index (Phi) is 7.62. The lowest BCUT2D eigenvalue weighted by Gasteiger charge is -2.42. The molecule has 0 spiro atoms. The predicted octanol–water partition coefficient (Wildman–Crippen LogP) is 2.18. The molecule has 7 heteroatoms. The Bertz CT molecular complexity index is 693. The van der Waals surface area contributed by atoms with Crippen molar-refractivity contribution in [2.45, 2.75) is 52.1 Å². The van der Waals surface area contributed by atoms with Gasteiger partial charge in [-0.2, -0.15) is 10.4 Å². The highest BCUT2D eigenvalue weighted by atomic mass is 16.2. The maximum atomic E-state index is 12.5. The Morgan fingerprint density at radius 1 is 1.54 bits per heavy atom. The highest BCUT2D eigenvalue weighted by Crippen LogP contribution is 2.36. The standard InChI is InChI=1S/C21H36N6O/c1-7-27-10-8-9-17(20(27)18-11-23-26(6)13-18)12-25(5)14-19(28)24-21(4,15-22)16(2)3/h11,13,16-17,20H,7-10,12,14H2,1-6H3,(H,24,28)/t17-,20+,21+/m0/s1. The second-order valence-corrected chi connectivity index (χ2v) is 8.64. The van der Waals surface area contributed by atoms with Crippen LogP contribution in [0.3, 0.4) is 0 Å². The van der Waals surface area contributed by atoms with Gasteiger partial charge in [0.05, 0.1) is 18.8 Å². The van der Waals surface area contributed by atoms with Gasteiger partial charge in [0.25, 0.3) is 0 Å². The second-order valence-electron chi connectivity index (χ2n) is 8.64. The normalized spacial score (nSPS) is 22.8. The number of nitriles is 1. The van der Waals surface area contributed by atoms with E-state index in [9.17, 15) is 10.1 Å². The molecule has 0 bridgehead atoms. The summed E-state index contributed by atoms with van der Waals surface area (Å²) in [5, 5.41) is 16.7. The van der Waals surface area contributed by atoms with Crippen molar-refractivity contribution in [1.82, 2.24) is 24.9 Å². The quantitative estimate of drug-likeness (QED) is 0.739. The van der Waals surface area contributed by atoms with Crippen LogP contribution in [-0.4, -0.2) is 64.3 Å². The Labute approximate surface area is 169 Å². The SMILES string of the molecule is CCN1CCC[C@@H](CN(C)CC(=O)N[C@](C)(C#N)C(C)C)[C@@H]1c1cnn(C)c1. The van der Waals surface area contributed by atoms with Crippen molar-refractivity contribution >= 4 is 5.91 Å². The summed E-state index contributed by atoms with van der Waals surface area (Å²) in [6, 6.07) is 2.57. The van der Waals surface area contributed by atoms with E-state index in [0.29, 0.717) is 18.5 Å². The number of hydrogen-bond acceptors (Lipinski definition) is 5. The molecule has 0 aromatic carbocycles. The molecule has 1 aliphatic heterocycles. The Balaban J connectivity index is 2.03. The molecule has 0 radical (unpaired) electrons. The molecule has 1 N–H and O–H groups in total. The number of piperidine rings is 1. The monoisotopic (exact) mass is 388 g/mol. The summed E-state index contributed by atoms with van der Waals surface area (Å²) in [6.45, 7) is 11.1. The van der Waals surface area contributed by atoms with Gasteiger partial charge in [-0.1, -0.05) is 20.8 Å². The van der Waals surface area contributed by atoms with Crippen LogP contribution in [0.25, 0.3) is 0 Å². The zero-order valence-corrected chi connectivity index (χ0v) is 18.3. The average Bonchev–Trinajstić information content (AvgIpc) is 3.06. The fourth-order valence-electron chi connectivity index (χ4n) is 4.11. The molecule has 1 aromatic heterocycles. The third kappa shape index (κ3) is 5.33. The first-order valence-electron chi connectivity index (χ1n) is 10.3. The number of rotatable bonds is 8. The smallest absolute Gasteiger partial charge is 0.235 e. The van der Waals surface area contributed by atoms with Crippen molar-refractivity contribution in [2.75, 3.05) is 33.2 Å². The van der Waals surface area contributed by atoms with E-state index in [2.05, 4.69) is 39.4 Å². The van der Waals surface area contributed by atoms with Crippen molar-refractivity contribution in [2.24, 2.45) is 18.9 Å². The summed E-state index contributed by atoms with van der Waals surface area (Å²) in [4.78, 5) is 17.1. The van der Waals surface area contributed by atoms with Crippen LogP contribution in [0.15, 0.2) is 12.4 Å². The molecule has 28 heavy (non-hydrogen) atoms. The van der Waals surface area contributed by atoms with Gasteiger partial charge in [-0.15, -0.1) is 0 Å². The van der Waals surface area contributed by atoms with Crippen LogP contribution in [-0.2, 0) is 11.8 Å². The van der Waals surface area contributed by atoms with Crippen LogP contribution in [0.4, 0.5) is 0 Å². The van der Waals surface area contributed by atoms with E-state index in [4.69, 9.17) is 0 Å². The number of likely N-dealkylation sites (tertiary alicyclic amines) is 1. The number of carbonyl (C=O) groups is 1. The van der Waals surface area contributed by atoms with E-state index in [-0.39, 0.29) is 11.8 Å². The maximum absolute atomic E-state index is 12.5. The van der Waals surface area contributed by atoms with Gasteiger partial charge in [-0.25, -0.2) is 0 Å². The van der Waals surface area contributed by atoms with Crippen LogP contribution in [0.5, 0.6) is 0 Å². The minimum absolute atomic E-state index is 0.0539. The largest absolute Gasteiger partial charge is 0.337 e. The zero-order chi connectivity index (χ0) is 20.9. The first kappa shape index (κ1) is 22.4. The van der Waals surface area contributed by atoms with Crippen LogP contribution < -0.4 is 5.32 Å². The van der Waals surface area contributed by atoms with E-state index < -0.39 is 5.54 Å². The number of likely N-dealkylation sites (N-methyl/N-ethyl adjacent to an activating group) is 1. The van der Waals surface area contributed by atoms with Crippen molar-refractivity contribution in [3.63, 3.8) is 0 Å². The number of aryl methyl sites for hydroxylation is 1. The summed E-state index contributed by atoms with van der Waals surface area (Å²) >= 11 is 0. The number of hydrogen-bond donors (Lipinski definition) is 1. The summed E-state index contributed by atoms with van der Waals surface area (Å²) in [7, 11) is 3.94. The van der Waals surface area contributed by atoms with Gasteiger partial charge >= 0.3 is 0 Å². The second kappa shape index (κ2) is 9.53. The van der Waals surface area contributed by atoms with E-state index in [0.717, 1.165) is 26.1 Å². The van der Waals surface area contributed by atoms with Gasteiger partial charge in [0, 0.05) is 31.4 Å². The summed E-state index contributed by atoms with van der Waals surface area (Å²) < 4.78 is 1.86.